The molecule has 0 saturated carbocycles. The minimum atomic E-state index is -0.869. The third-order valence-corrected chi connectivity index (χ3v) is 2.52. The molecule has 1 rings (SSSR count). The summed E-state index contributed by atoms with van der Waals surface area (Å²) in [7, 11) is 0. The first-order chi connectivity index (χ1) is 7.50. The van der Waals surface area contributed by atoms with E-state index in [4.69, 9.17) is 5.11 Å². The van der Waals surface area contributed by atoms with Crippen LogP contribution in [-0.4, -0.2) is 11.1 Å². The Morgan fingerprint density at radius 2 is 2.12 bits per heavy atom. The Hall–Kier alpha value is -1.45. The molecule has 1 aromatic rings. The fourth-order valence-electron chi connectivity index (χ4n) is 1.61. The summed E-state index contributed by atoms with van der Waals surface area (Å²) in [4.78, 5) is 10.3. The smallest absolute Gasteiger partial charge is 0.303 e. The highest BCUT2D eigenvalue weighted by atomic mass is 19.1. The van der Waals surface area contributed by atoms with Crippen LogP contribution in [0.2, 0.25) is 0 Å². The van der Waals surface area contributed by atoms with Gasteiger partial charge < -0.3 is 5.11 Å². The van der Waals surface area contributed by atoms with Gasteiger partial charge in [0.05, 0.1) is 0 Å². The van der Waals surface area contributed by atoms with E-state index < -0.39 is 17.6 Å². The molecule has 1 aromatic carbocycles. The molecule has 0 aliphatic heterocycles. The molecule has 1 atom stereocenters. The Kier molecular flexibility index (Phi) is 4.40. The van der Waals surface area contributed by atoms with Gasteiger partial charge in [0, 0.05) is 6.42 Å². The molecule has 0 heterocycles. The van der Waals surface area contributed by atoms with Gasteiger partial charge in [0.25, 0.3) is 0 Å². The zero-order chi connectivity index (χ0) is 12.1. The molecule has 0 saturated heterocycles. The summed E-state index contributed by atoms with van der Waals surface area (Å²) >= 11 is 0. The summed E-state index contributed by atoms with van der Waals surface area (Å²) < 4.78 is 26.2. The highest BCUT2D eigenvalue weighted by molar-refractivity contribution is 5.66. The van der Waals surface area contributed by atoms with E-state index in [2.05, 4.69) is 0 Å². The van der Waals surface area contributed by atoms with Gasteiger partial charge in [-0.15, -0.1) is 0 Å². The molecule has 16 heavy (non-hydrogen) atoms. The third kappa shape index (κ3) is 3.61. The fraction of sp³-hybridized carbons (Fsp3) is 0.417. The van der Waals surface area contributed by atoms with Gasteiger partial charge >= 0.3 is 5.97 Å². The first-order valence-corrected chi connectivity index (χ1v) is 5.17. The monoisotopic (exact) mass is 228 g/mol. The van der Waals surface area contributed by atoms with Crippen molar-refractivity contribution in [1.29, 1.82) is 0 Å². The van der Waals surface area contributed by atoms with Crippen LogP contribution in [0.15, 0.2) is 18.2 Å². The van der Waals surface area contributed by atoms with Crippen molar-refractivity contribution in [2.45, 2.75) is 32.1 Å². The standard InChI is InChI=1S/C12H14F2O2/c1-8(3-2-4-12(15)16)10-7-9(13)5-6-11(10)14/h5-8H,2-4H2,1H3,(H,15,16). The fourth-order valence-corrected chi connectivity index (χ4v) is 1.61. The number of aliphatic carboxylic acids is 1. The van der Waals surface area contributed by atoms with Gasteiger partial charge in [-0.2, -0.15) is 0 Å². The molecule has 1 unspecified atom stereocenters. The average molecular weight is 228 g/mol. The molecule has 0 aliphatic carbocycles. The third-order valence-electron chi connectivity index (χ3n) is 2.52. The van der Waals surface area contributed by atoms with Crippen molar-refractivity contribution in [2.75, 3.05) is 0 Å². The summed E-state index contributed by atoms with van der Waals surface area (Å²) in [6.07, 6.45) is 1.06. The Morgan fingerprint density at radius 1 is 1.44 bits per heavy atom. The van der Waals surface area contributed by atoms with Crippen LogP contribution in [0.3, 0.4) is 0 Å². The van der Waals surface area contributed by atoms with Crippen molar-refractivity contribution in [3.8, 4) is 0 Å². The Balaban J connectivity index is 2.61. The molecule has 2 nitrogen and oxygen atoms in total. The van der Waals surface area contributed by atoms with Crippen LogP contribution >= 0.6 is 0 Å². The number of rotatable bonds is 5. The highest BCUT2D eigenvalue weighted by Gasteiger charge is 2.12. The molecular weight excluding hydrogens is 214 g/mol. The van der Waals surface area contributed by atoms with Crippen molar-refractivity contribution < 1.29 is 18.7 Å². The van der Waals surface area contributed by atoms with Crippen LogP contribution in [0, 0.1) is 11.6 Å². The molecule has 0 aliphatic rings. The molecule has 0 amide bonds. The normalized spacial score (nSPS) is 12.4. The van der Waals surface area contributed by atoms with Gasteiger partial charge in [-0.25, -0.2) is 8.78 Å². The van der Waals surface area contributed by atoms with Crippen LogP contribution in [0.4, 0.5) is 8.78 Å². The predicted octanol–water partition coefficient (Wildman–Crippen LogP) is 3.32. The molecular formula is C12H14F2O2. The number of carboxylic acids is 1. The van der Waals surface area contributed by atoms with Gasteiger partial charge in [-0.1, -0.05) is 6.92 Å². The maximum absolute atomic E-state index is 13.3. The number of halogens is 2. The minimum absolute atomic E-state index is 0.0568. The number of hydrogen-bond donors (Lipinski definition) is 1. The lowest BCUT2D eigenvalue weighted by atomic mass is 9.95. The Labute approximate surface area is 92.9 Å². The van der Waals surface area contributed by atoms with Gasteiger partial charge in [0.15, 0.2) is 0 Å². The second-order valence-electron chi connectivity index (χ2n) is 3.85. The average Bonchev–Trinajstić information content (AvgIpc) is 2.21. The Morgan fingerprint density at radius 3 is 2.75 bits per heavy atom. The van der Waals surface area contributed by atoms with Gasteiger partial charge in [-0.3, -0.25) is 4.79 Å². The number of benzene rings is 1. The van der Waals surface area contributed by atoms with Gasteiger partial charge in [0.2, 0.25) is 0 Å². The van der Waals surface area contributed by atoms with Crippen molar-refractivity contribution in [3.63, 3.8) is 0 Å². The minimum Gasteiger partial charge on any atom is -0.481 e. The summed E-state index contributed by atoms with van der Waals surface area (Å²) in [5.74, 6) is -1.95. The predicted molar refractivity (Wildman–Crippen MR) is 56.3 cm³/mol. The summed E-state index contributed by atoms with van der Waals surface area (Å²) in [5.41, 5.74) is 0.311. The number of carbonyl (C=O) groups is 1. The topological polar surface area (TPSA) is 37.3 Å². The van der Waals surface area contributed by atoms with E-state index >= 15 is 0 Å². The zero-order valence-corrected chi connectivity index (χ0v) is 9.04. The van der Waals surface area contributed by atoms with E-state index in [1.807, 2.05) is 0 Å². The zero-order valence-electron chi connectivity index (χ0n) is 9.04. The molecule has 0 aromatic heterocycles. The van der Waals surface area contributed by atoms with E-state index in [-0.39, 0.29) is 12.3 Å². The summed E-state index contributed by atoms with van der Waals surface area (Å²) in [6, 6.07) is 3.34. The van der Waals surface area contributed by atoms with E-state index in [0.717, 1.165) is 12.1 Å². The number of hydrogen-bond acceptors (Lipinski definition) is 1. The summed E-state index contributed by atoms with van der Waals surface area (Å²) in [5, 5.41) is 8.46. The second kappa shape index (κ2) is 5.58. The van der Waals surface area contributed by atoms with E-state index in [1.165, 1.54) is 6.07 Å². The largest absolute Gasteiger partial charge is 0.481 e. The molecule has 0 bridgehead atoms. The molecule has 88 valence electrons. The van der Waals surface area contributed by atoms with Crippen molar-refractivity contribution in [1.82, 2.24) is 0 Å². The first kappa shape index (κ1) is 12.6. The lowest BCUT2D eigenvalue weighted by Crippen LogP contribution is -2.01. The molecule has 0 spiro atoms. The molecule has 4 heteroatoms. The maximum Gasteiger partial charge on any atom is 0.303 e. The molecule has 1 N–H and O–H groups in total. The van der Waals surface area contributed by atoms with Crippen LogP contribution in [-0.2, 0) is 4.79 Å². The lowest BCUT2D eigenvalue weighted by molar-refractivity contribution is -0.137. The second-order valence-corrected chi connectivity index (χ2v) is 3.85. The number of carboxylic acid groups (broad SMARTS) is 1. The lowest BCUT2D eigenvalue weighted by Gasteiger charge is -2.12. The van der Waals surface area contributed by atoms with Gasteiger partial charge in [0.1, 0.15) is 11.6 Å². The van der Waals surface area contributed by atoms with Crippen molar-refractivity contribution in [3.05, 3.63) is 35.4 Å². The van der Waals surface area contributed by atoms with E-state index in [1.54, 1.807) is 6.92 Å². The quantitative estimate of drug-likeness (QED) is 0.839. The van der Waals surface area contributed by atoms with Crippen LogP contribution < -0.4 is 0 Å². The van der Waals surface area contributed by atoms with Crippen LogP contribution in [0.25, 0.3) is 0 Å². The van der Waals surface area contributed by atoms with Gasteiger partial charge in [-0.05, 0) is 42.5 Å². The first-order valence-electron chi connectivity index (χ1n) is 5.17. The maximum atomic E-state index is 13.3. The van der Waals surface area contributed by atoms with Crippen molar-refractivity contribution in [2.24, 2.45) is 0 Å². The molecule has 0 fully saturated rings. The SMILES string of the molecule is CC(CCCC(=O)O)c1cc(F)ccc1F. The summed E-state index contributed by atoms with van der Waals surface area (Å²) in [6.45, 7) is 1.76. The van der Waals surface area contributed by atoms with Crippen LogP contribution in [0.5, 0.6) is 0 Å². The van der Waals surface area contributed by atoms with E-state index in [0.29, 0.717) is 18.4 Å². The molecule has 0 radical (unpaired) electrons. The van der Waals surface area contributed by atoms with Crippen LogP contribution in [0.1, 0.15) is 37.7 Å². The highest BCUT2D eigenvalue weighted by Crippen LogP contribution is 2.24. The van der Waals surface area contributed by atoms with Crippen molar-refractivity contribution >= 4 is 5.97 Å². The van der Waals surface area contributed by atoms with E-state index in [9.17, 15) is 13.6 Å². The Bertz CT molecular complexity index is 377.